The van der Waals surface area contributed by atoms with Crippen molar-refractivity contribution in [2.45, 2.75) is 45.3 Å². The van der Waals surface area contributed by atoms with Gasteiger partial charge in [0.05, 0.1) is 6.04 Å². The minimum absolute atomic E-state index is 0.0917. The first-order valence-corrected chi connectivity index (χ1v) is 7.58. The van der Waals surface area contributed by atoms with E-state index in [9.17, 15) is 15.2 Å². The molecule has 0 bridgehead atoms. The first-order valence-electron chi connectivity index (χ1n) is 7.58. The molecule has 5 heteroatoms. The molecule has 2 rings (SSSR count). The molecular weight excluding hydrogens is 280 g/mol. The number of aliphatic hydroxyl groups is 1. The van der Waals surface area contributed by atoms with Gasteiger partial charge >= 0.3 is 6.09 Å². The smallest absolute Gasteiger partial charge is 0.423 e. The van der Waals surface area contributed by atoms with Gasteiger partial charge < -0.3 is 9.84 Å². The van der Waals surface area contributed by atoms with E-state index in [1.165, 1.54) is 0 Å². The molecule has 0 unspecified atom stereocenters. The molecule has 1 fully saturated rings. The van der Waals surface area contributed by atoms with E-state index >= 15 is 0 Å². The van der Waals surface area contributed by atoms with Crippen LogP contribution in [0.15, 0.2) is 30.3 Å². The third kappa shape index (κ3) is 3.99. The van der Waals surface area contributed by atoms with E-state index in [2.05, 4.69) is 0 Å². The summed E-state index contributed by atoms with van der Waals surface area (Å²) in [5.74, 6) is 0. The molecule has 0 heterocycles. The second-order valence-corrected chi connectivity index (χ2v) is 6.21. The van der Waals surface area contributed by atoms with E-state index < -0.39 is 6.09 Å². The summed E-state index contributed by atoms with van der Waals surface area (Å²) in [4.78, 5) is 13.2. The normalized spacial score (nSPS) is 24.3. The van der Waals surface area contributed by atoms with E-state index in [4.69, 9.17) is 4.74 Å². The summed E-state index contributed by atoms with van der Waals surface area (Å²) in [6.07, 6.45) is 4.39. The van der Waals surface area contributed by atoms with Crippen molar-refractivity contribution in [2.75, 3.05) is 6.61 Å². The summed E-state index contributed by atoms with van der Waals surface area (Å²) in [5.41, 5.74) is 0.802. The molecule has 5 nitrogen and oxygen atoms in total. The second-order valence-electron chi connectivity index (χ2n) is 6.21. The maximum Gasteiger partial charge on any atom is 0.423 e. The highest BCUT2D eigenvalue weighted by Crippen LogP contribution is 2.37. The van der Waals surface area contributed by atoms with Crippen molar-refractivity contribution in [3.8, 4) is 6.19 Å². The van der Waals surface area contributed by atoms with Crippen LogP contribution in [0.1, 0.15) is 38.2 Å². The van der Waals surface area contributed by atoms with E-state index in [1.807, 2.05) is 43.4 Å². The fraction of sp³-hybridized carbons (Fsp3) is 0.529. The number of rotatable bonds is 4. The maximum atomic E-state index is 12.1. The minimum Gasteiger partial charge on any atom is -0.444 e. The van der Waals surface area contributed by atoms with Gasteiger partial charge in [0.15, 0.2) is 6.19 Å². The number of benzene rings is 1. The predicted molar refractivity (Wildman–Crippen MR) is 81.5 cm³/mol. The number of carbonyl (C=O) groups excluding carboxylic acids is 1. The largest absolute Gasteiger partial charge is 0.444 e. The van der Waals surface area contributed by atoms with E-state index in [-0.39, 0.29) is 24.7 Å². The number of nitrogens with zero attached hydrogens (tertiary/aromatic N) is 2. The van der Waals surface area contributed by atoms with E-state index in [0.29, 0.717) is 12.8 Å². The van der Waals surface area contributed by atoms with Crippen molar-refractivity contribution in [1.29, 1.82) is 5.26 Å². The summed E-state index contributed by atoms with van der Waals surface area (Å²) in [6.45, 7) is 2.34. The molecule has 0 radical (unpaired) electrons. The number of hydrogen-bond acceptors (Lipinski definition) is 4. The Kier molecular flexibility index (Phi) is 5.40. The first-order chi connectivity index (χ1) is 10.6. The fourth-order valence-corrected chi connectivity index (χ4v) is 2.78. The van der Waals surface area contributed by atoms with Crippen LogP contribution >= 0.6 is 0 Å². The molecule has 118 valence electrons. The lowest BCUT2D eigenvalue weighted by atomic mass is 9.74. The molecule has 1 aliphatic carbocycles. The number of aliphatic hydroxyl groups excluding tert-OH is 1. The molecule has 0 saturated heterocycles. The van der Waals surface area contributed by atoms with Gasteiger partial charge in [0.1, 0.15) is 6.61 Å². The molecular formula is C17H22N2O3. The van der Waals surface area contributed by atoms with Crippen LogP contribution < -0.4 is 0 Å². The molecule has 1 aromatic carbocycles. The van der Waals surface area contributed by atoms with Crippen molar-refractivity contribution in [3.63, 3.8) is 0 Å². The lowest BCUT2D eigenvalue weighted by Crippen LogP contribution is -2.42. The van der Waals surface area contributed by atoms with Crippen LogP contribution in [0.3, 0.4) is 0 Å². The summed E-state index contributed by atoms with van der Waals surface area (Å²) in [6, 6.07) is 9.26. The number of nitriles is 1. The maximum absolute atomic E-state index is 12.1. The molecule has 1 N–H and O–H groups in total. The molecule has 1 aromatic rings. The van der Waals surface area contributed by atoms with Gasteiger partial charge in [0.2, 0.25) is 0 Å². The van der Waals surface area contributed by atoms with Crippen molar-refractivity contribution in [3.05, 3.63) is 35.9 Å². The summed E-state index contributed by atoms with van der Waals surface area (Å²) in [5, 5.41) is 18.6. The number of hydrogen-bond donors (Lipinski definition) is 1. The highest BCUT2D eigenvalue weighted by Gasteiger charge is 2.35. The highest BCUT2D eigenvalue weighted by molar-refractivity contribution is 5.70. The lowest BCUT2D eigenvalue weighted by Gasteiger charge is -2.37. The van der Waals surface area contributed by atoms with E-state index in [0.717, 1.165) is 23.3 Å². The second kappa shape index (κ2) is 7.28. The Morgan fingerprint density at radius 1 is 1.41 bits per heavy atom. The van der Waals surface area contributed by atoms with Gasteiger partial charge in [-0.1, -0.05) is 37.3 Å². The van der Waals surface area contributed by atoms with Gasteiger partial charge in [-0.15, -0.1) is 0 Å². The molecule has 0 spiro atoms. The Hall–Kier alpha value is -2.06. The fourth-order valence-electron chi connectivity index (χ4n) is 2.78. The van der Waals surface area contributed by atoms with Gasteiger partial charge in [-0.2, -0.15) is 5.26 Å². The van der Waals surface area contributed by atoms with Gasteiger partial charge in [-0.3, -0.25) is 0 Å². The number of amides is 1. The molecule has 1 saturated carbocycles. The Morgan fingerprint density at radius 3 is 2.59 bits per heavy atom. The minimum atomic E-state index is -0.594. The van der Waals surface area contributed by atoms with Crippen molar-refractivity contribution in [1.82, 2.24) is 4.90 Å². The summed E-state index contributed by atoms with van der Waals surface area (Å²) < 4.78 is 5.23. The van der Waals surface area contributed by atoms with Gasteiger partial charge in [0, 0.05) is 6.61 Å². The third-order valence-corrected chi connectivity index (χ3v) is 4.42. The van der Waals surface area contributed by atoms with E-state index in [1.54, 1.807) is 0 Å². The van der Waals surface area contributed by atoms with Crippen LogP contribution in [0.4, 0.5) is 4.79 Å². The molecule has 1 aliphatic rings. The Bertz CT molecular complexity index is 531. The van der Waals surface area contributed by atoms with Crippen molar-refractivity contribution in [2.24, 2.45) is 5.41 Å². The molecule has 1 amide bonds. The van der Waals surface area contributed by atoms with Gasteiger partial charge in [-0.25, -0.2) is 9.69 Å². The van der Waals surface area contributed by atoms with Crippen molar-refractivity contribution >= 4 is 6.09 Å². The zero-order valence-electron chi connectivity index (χ0n) is 12.9. The zero-order chi connectivity index (χ0) is 16.0. The average Bonchev–Trinajstić information content (AvgIpc) is 2.56. The monoisotopic (exact) mass is 302 g/mol. The summed E-state index contributed by atoms with van der Waals surface area (Å²) in [7, 11) is 0. The standard InChI is InChI=1S/C17H22N2O3/c1-17(12-20)9-7-15(8-10-17)19(13-18)16(21)22-11-14-5-3-2-4-6-14/h2-6,15,20H,7-12H2,1H3. The Labute approximate surface area is 131 Å². The SMILES string of the molecule is CC1(CO)CCC(N(C#N)C(=O)OCc2ccccc2)CC1. The van der Waals surface area contributed by atoms with Gasteiger partial charge in [0.25, 0.3) is 0 Å². The van der Waals surface area contributed by atoms with Crippen molar-refractivity contribution < 1.29 is 14.6 Å². The molecule has 22 heavy (non-hydrogen) atoms. The highest BCUT2D eigenvalue weighted by atomic mass is 16.6. The number of carbonyl (C=O) groups is 1. The number of ether oxygens (including phenoxy) is 1. The molecule has 0 aromatic heterocycles. The lowest BCUT2D eigenvalue weighted by molar-refractivity contribution is 0.0563. The average molecular weight is 302 g/mol. The Morgan fingerprint density at radius 2 is 2.05 bits per heavy atom. The topological polar surface area (TPSA) is 73.6 Å². The molecule has 0 atom stereocenters. The summed E-state index contributed by atoms with van der Waals surface area (Å²) >= 11 is 0. The van der Waals surface area contributed by atoms with Crippen LogP contribution in [0.2, 0.25) is 0 Å². The van der Waals surface area contributed by atoms with Crippen LogP contribution in [-0.2, 0) is 11.3 Å². The zero-order valence-corrected chi connectivity index (χ0v) is 12.9. The quantitative estimate of drug-likeness (QED) is 0.685. The van der Waals surface area contributed by atoms with Crippen LogP contribution in [0.25, 0.3) is 0 Å². The van der Waals surface area contributed by atoms with Gasteiger partial charge in [-0.05, 0) is 36.7 Å². The third-order valence-electron chi connectivity index (χ3n) is 4.42. The van der Waals surface area contributed by atoms with Crippen LogP contribution in [0.5, 0.6) is 0 Å². The van der Waals surface area contributed by atoms with Crippen LogP contribution in [0, 0.1) is 16.9 Å². The molecule has 0 aliphatic heterocycles. The first kappa shape index (κ1) is 16.3. The van der Waals surface area contributed by atoms with Crippen LogP contribution in [-0.4, -0.2) is 28.7 Å². The predicted octanol–water partition coefficient (Wildman–Crippen LogP) is 3.05. The Balaban J connectivity index is 1.89.